The van der Waals surface area contributed by atoms with Crippen molar-refractivity contribution in [1.29, 1.82) is 0 Å². The molecule has 1 aliphatic rings. The lowest BCUT2D eigenvalue weighted by atomic mass is 10.0. The number of hydrogen-bond donors (Lipinski definition) is 2. The van der Waals surface area contributed by atoms with Crippen LogP contribution in [0.3, 0.4) is 0 Å². The first-order valence-electron chi connectivity index (χ1n) is 9.47. The minimum atomic E-state index is -4.42. The van der Waals surface area contributed by atoms with Gasteiger partial charge in [0.1, 0.15) is 0 Å². The molecule has 0 atom stereocenters. The van der Waals surface area contributed by atoms with Crippen LogP contribution in [0.5, 0.6) is 0 Å². The average Bonchev–Trinajstić information content (AvgIpc) is 3.24. The van der Waals surface area contributed by atoms with Crippen LogP contribution in [-0.4, -0.2) is 45.9 Å². The second kappa shape index (κ2) is 9.98. The number of guanidine groups is 1. The lowest BCUT2D eigenvalue weighted by molar-refractivity contribution is -0.138. The second-order valence-corrected chi connectivity index (χ2v) is 7.65. The van der Waals surface area contributed by atoms with E-state index in [2.05, 4.69) is 15.6 Å². The lowest BCUT2D eigenvalue weighted by Crippen LogP contribution is -2.38. The number of rotatable bonds is 6. The summed E-state index contributed by atoms with van der Waals surface area (Å²) in [6.45, 7) is 2.93. The van der Waals surface area contributed by atoms with Crippen molar-refractivity contribution in [3.05, 3.63) is 51.7 Å². The van der Waals surface area contributed by atoms with E-state index in [4.69, 9.17) is 4.74 Å². The third-order valence-corrected chi connectivity index (χ3v) is 5.63. The highest BCUT2D eigenvalue weighted by atomic mass is 32.1. The number of aliphatic imine (C=N–C) groups is 1. The zero-order valence-corrected chi connectivity index (χ0v) is 17.1. The van der Waals surface area contributed by atoms with Gasteiger partial charge in [0.2, 0.25) is 0 Å². The van der Waals surface area contributed by atoms with Crippen LogP contribution in [0, 0.1) is 0 Å². The molecule has 1 aliphatic heterocycles. The standard InChI is InChI=1S/C20H25F3N4OS/c1-24-19(25-7-6-17-3-2-12-29-17)26-14-15-4-5-16(13-18(15)20(21,22)23)27-8-10-28-11-9-27/h2-5,12-13H,6-11,14H2,1H3,(H2,24,25,26). The Hall–Kier alpha value is -2.26. The summed E-state index contributed by atoms with van der Waals surface area (Å²) in [5.41, 5.74) is 0.140. The molecule has 1 saturated heterocycles. The maximum absolute atomic E-state index is 13.6. The quantitative estimate of drug-likeness (QED) is 0.548. The molecule has 0 aliphatic carbocycles. The number of anilines is 1. The van der Waals surface area contributed by atoms with E-state index >= 15 is 0 Å². The molecule has 29 heavy (non-hydrogen) atoms. The van der Waals surface area contributed by atoms with Gasteiger partial charge in [-0.2, -0.15) is 13.2 Å². The van der Waals surface area contributed by atoms with E-state index in [0.29, 0.717) is 44.5 Å². The Bertz CT molecular complexity index is 803. The minimum absolute atomic E-state index is 0.0386. The van der Waals surface area contributed by atoms with Crippen LogP contribution in [0.4, 0.5) is 18.9 Å². The van der Waals surface area contributed by atoms with E-state index in [9.17, 15) is 13.2 Å². The van der Waals surface area contributed by atoms with E-state index in [0.717, 1.165) is 6.42 Å². The highest BCUT2D eigenvalue weighted by Gasteiger charge is 2.34. The molecule has 3 rings (SSSR count). The zero-order chi connectivity index (χ0) is 20.7. The Morgan fingerprint density at radius 1 is 1.21 bits per heavy atom. The van der Waals surface area contributed by atoms with E-state index < -0.39 is 11.7 Å². The van der Waals surface area contributed by atoms with Crippen LogP contribution in [0.15, 0.2) is 40.7 Å². The Kier molecular flexibility index (Phi) is 7.38. The molecule has 0 unspecified atom stereocenters. The van der Waals surface area contributed by atoms with Gasteiger partial charge in [0.05, 0.1) is 18.8 Å². The summed E-state index contributed by atoms with van der Waals surface area (Å²) in [5, 5.41) is 8.14. The first-order valence-corrected chi connectivity index (χ1v) is 10.3. The van der Waals surface area contributed by atoms with Crippen LogP contribution in [0.1, 0.15) is 16.0 Å². The largest absolute Gasteiger partial charge is 0.416 e. The van der Waals surface area contributed by atoms with Crippen molar-refractivity contribution in [3.63, 3.8) is 0 Å². The van der Waals surface area contributed by atoms with Crippen molar-refractivity contribution in [2.45, 2.75) is 19.1 Å². The van der Waals surface area contributed by atoms with Crippen LogP contribution in [-0.2, 0) is 23.9 Å². The molecule has 0 radical (unpaired) electrons. The first-order chi connectivity index (χ1) is 14.0. The SMILES string of the molecule is CN=C(NCCc1cccs1)NCc1ccc(N2CCOCC2)cc1C(F)(F)F. The van der Waals surface area contributed by atoms with Crippen molar-refractivity contribution in [1.82, 2.24) is 10.6 Å². The highest BCUT2D eigenvalue weighted by Crippen LogP contribution is 2.35. The zero-order valence-electron chi connectivity index (χ0n) is 16.3. The van der Waals surface area contributed by atoms with Crippen LogP contribution in [0.25, 0.3) is 0 Å². The monoisotopic (exact) mass is 426 g/mol. The molecule has 1 aromatic carbocycles. The molecule has 0 spiro atoms. The summed E-state index contributed by atoms with van der Waals surface area (Å²) in [6, 6.07) is 8.56. The number of hydrogen-bond acceptors (Lipinski definition) is 4. The summed E-state index contributed by atoms with van der Waals surface area (Å²) < 4.78 is 46.2. The molecule has 158 valence electrons. The number of halogens is 3. The molecular formula is C20H25F3N4OS. The molecule has 5 nitrogen and oxygen atoms in total. The van der Waals surface area contributed by atoms with Crippen molar-refractivity contribution in [2.24, 2.45) is 4.99 Å². The molecule has 0 amide bonds. The second-order valence-electron chi connectivity index (χ2n) is 6.62. The van der Waals surface area contributed by atoms with E-state index in [1.54, 1.807) is 30.5 Å². The number of nitrogens with one attached hydrogen (secondary N) is 2. The van der Waals surface area contributed by atoms with Gasteiger partial charge in [-0.15, -0.1) is 11.3 Å². The van der Waals surface area contributed by atoms with Crippen molar-refractivity contribution in [2.75, 3.05) is 44.8 Å². The van der Waals surface area contributed by atoms with Crippen LogP contribution in [0.2, 0.25) is 0 Å². The summed E-state index contributed by atoms with van der Waals surface area (Å²) in [6.07, 6.45) is -3.59. The number of benzene rings is 1. The average molecular weight is 427 g/mol. The van der Waals surface area contributed by atoms with Gasteiger partial charge in [-0.05, 0) is 35.6 Å². The van der Waals surface area contributed by atoms with Gasteiger partial charge in [0.25, 0.3) is 0 Å². The molecule has 0 bridgehead atoms. The van der Waals surface area contributed by atoms with Crippen molar-refractivity contribution >= 4 is 23.0 Å². The summed E-state index contributed by atoms with van der Waals surface area (Å²) in [7, 11) is 1.60. The fraction of sp³-hybridized carbons (Fsp3) is 0.450. The molecule has 1 aromatic heterocycles. The van der Waals surface area contributed by atoms with Gasteiger partial charge in [-0.1, -0.05) is 12.1 Å². The molecule has 1 fully saturated rings. The Labute approximate surface area is 172 Å². The van der Waals surface area contributed by atoms with Gasteiger partial charge in [0.15, 0.2) is 5.96 Å². The molecule has 2 aromatic rings. The fourth-order valence-electron chi connectivity index (χ4n) is 3.16. The van der Waals surface area contributed by atoms with E-state index in [-0.39, 0.29) is 12.1 Å². The van der Waals surface area contributed by atoms with Crippen LogP contribution >= 0.6 is 11.3 Å². The molecular weight excluding hydrogens is 401 g/mol. The van der Waals surface area contributed by atoms with E-state index in [1.165, 1.54) is 10.9 Å². The maximum Gasteiger partial charge on any atom is 0.416 e. The molecule has 2 heterocycles. The fourth-order valence-corrected chi connectivity index (χ4v) is 3.87. The highest BCUT2D eigenvalue weighted by molar-refractivity contribution is 7.09. The predicted molar refractivity (Wildman–Crippen MR) is 111 cm³/mol. The Balaban J connectivity index is 1.63. The van der Waals surface area contributed by atoms with Gasteiger partial charge < -0.3 is 20.3 Å². The van der Waals surface area contributed by atoms with Gasteiger partial charge >= 0.3 is 6.18 Å². The lowest BCUT2D eigenvalue weighted by Gasteiger charge is -2.29. The Morgan fingerprint density at radius 2 is 2.00 bits per heavy atom. The molecule has 0 saturated carbocycles. The minimum Gasteiger partial charge on any atom is -0.378 e. The van der Waals surface area contributed by atoms with Crippen molar-refractivity contribution in [3.8, 4) is 0 Å². The van der Waals surface area contributed by atoms with Crippen LogP contribution < -0.4 is 15.5 Å². The number of nitrogens with zero attached hydrogens (tertiary/aromatic N) is 2. The third kappa shape index (κ3) is 6.11. The third-order valence-electron chi connectivity index (χ3n) is 4.69. The normalized spacial score (nSPS) is 15.4. The summed E-state index contributed by atoms with van der Waals surface area (Å²) in [5.74, 6) is 0.479. The molecule has 2 N–H and O–H groups in total. The number of alkyl halides is 3. The Morgan fingerprint density at radius 3 is 2.66 bits per heavy atom. The van der Waals surface area contributed by atoms with Gasteiger partial charge in [-0.25, -0.2) is 0 Å². The summed E-state index contributed by atoms with van der Waals surface area (Å²) >= 11 is 1.67. The first kappa shape index (κ1) is 21.4. The number of morpholine rings is 1. The van der Waals surface area contributed by atoms with Gasteiger partial charge in [0, 0.05) is 43.8 Å². The maximum atomic E-state index is 13.6. The summed E-state index contributed by atoms with van der Waals surface area (Å²) in [4.78, 5) is 7.26. The van der Waals surface area contributed by atoms with Gasteiger partial charge in [-0.3, -0.25) is 4.99 Å². The molecule has 9 heteroatoms. The topological polar surface area (TPSA) is 48.9 Å². The van der Waals surface area contributed by atoms with Crippen molar-refractivity contribution < 1.29 is 17.9 Å². The van der Waals surface area contributed by atoms with E-state index in [1.807, 2.05) is 22.4 Å². The number of ether oxygens (including phenoxy) is 1. The smallest absolute Gasteiger partial charge is 0.378 e. The number of thiophene rings is 1. The predicted octanol–water partition coefficient (Wildman–Crippen LogP) is 3.51.